The smallest absolute Gasteiger partial charge is 0.251 e. The molecule has 1 aromatic heterocycles. The number of ether oxygens (including phenoxy) is 1. The number of carbonyl (C=O) groups is 3. The molecular formula is C30H36N4O4. The van der Waals surface area contributed by atoms with Crippen LogP contribution in [0.25, 0.3) is 5.69 Å². The van der Waals surface area contributed by atoms with Gasteiger partial charge in [-0.3, -0.25) is 14.4 Å². The summed E-state index contributed by atoms with van der Waals surface area (Å²) in [6.07, 6.45) is 1.22. The van der Waals surface area contributed by atoms with E-state index in [-0.39, 0.29) is 30.7 Å². The fourth-order valence-electron chi connectivity index (χ4n) is 4.73. The van der Waals surface area contributed by atoms with Crippen LogP contribution in [0, 0.1) is 13.8 Å². The molecule has 8 heteroatoms. The number of hydrogen-bond acceptors (Lipinski definition) is 4. The summed E-state index contributed by atoms with van der Waals surface area (Å²) in [5.41, 5.74) is 4.62. The van der Waals surface area contributed by atoms with Crippen molar-refractivity contribution in [1.29, 1.82) is 0 Å². The number of benzene rings is 2. The van der Waals surface area contributed by atoms with Gasteiger partial charge in [-0.1, -0.05) is 30.3 Å². The average molecular weight is 517 g/mol. The highest BCUT2D eigenvalue weighted by atomic mass is 16.5. The second kappa shape index (κ2) is 13.1. The fraction of sp³-hybridized carbons (Fsp3) is 0.367. The summed E-state index contributed by atoms with van der Waals surface area (Å²) in [5, 5.41) is 5.79. The van der Waals surface area contributed by atoms with Crippen molar-refractivity contribution in [2.24, 2.45) is 0 Å². The van der Waals surface area contributed by atoms with Crippen molar-refractivity contribution in [2.45, 2.75) is 39.2 Å². The van der Waals surface area contributed by atoms with Gasteiger partial charge in [0.2, 0.25) is 11.8 Å². The van der Waals surface area contributed by atoms with Crippen molar-refractivity contribution < 1.29 is 19.1 Å². The van der Waals surface area contributed by atoms with Crippen LogP contribution in [0.4, 0.5) is 0 Å². The molecule has 4 rings (SSSR count). The van der Waals surface area contributed by atoms with E-state index in [9.17, 15) is 14.4 Å². The number of carbonyl (C=O) groups excluding carboxylic acids is 3. The van der Waals surface area contributed by atoms with Crippen LogP contribution in [0.1, 0.15) is 40.2 Å². The van der Waals surface area contributed by atoms with Gasteiger partial charge in [-0.15, -0.1) is 0 Å². The summed E-state index contributed by atoms with van der Waals surface area (Å²) in [6, 6.07) is 20.4. The standard InChI is InChI=1S/C30H36N4O4/c1-22-9-10-23(2)34(22)26-13-11-25(12-14-26)29(36)32-27(21-24-7-4-3-5-8-24)30(37)33-17-6-19-38-20-16-31-28(35)15-18-33/h3-5,7-14,27H,6,15-21H2,1-2H3,(H,31,35)(H,32,36). The topological polar surface area (TPSA) is 92.7 Å². The monoisotopic (exact) mass is 516 g/mol. The molecule has 1 atom stereocenters. The molecule has 3 aromatic rings. The minimum atomic E-state index is -0.771. The molecule has 1 unspecified atom stereocenters. The molecule has 0 aliphatic carbocycles. The van der Waals surface area contributed by atoms with Gasteiger partial charge in [0, 0.05) is 61.7 Å². The first-order valence-electron chi connectivity index (χ1n) is 13.2. The van der Waals surface area contributed by atoms with E-state index in [1.54, 1.807) is 17.0 Å². The van der Waals surface area contributed by atoms with Gasteiger partial charge < -0.3 is 24.8 Å². The minimum absolute atomic E-state index is 0.120. The summed E-state index contributed by atoms with van der Waals surface area (Å²) in [7, 11) is 0. The summed E-state index contributed by atoms with van der Waals surface area (Å²) >= 11 is 0. The van der Waals surface area contributed by atoms with Crippen LogP contribution in [0.3, 0.4) is 0 Å². The van der Waals surface area contributed by atoms with E-state index < -0.39 is 6.04 Å². The summed E-state index contributed by atoms with van der Waals surface area (Å²) < 4.78 is 7.67. The van der Waals surface area contributed by atoms with E-state index in [2.05, 4.69) is 27.3 Å². The molecule has 0 bridgehead atoms. The lowest BCUT2D eigenvalue weighted by Crippen LogP contribution is -2.50. The van der Waals surface area contributed by atoms with E-state index in [0.29, 0.717) is 44.7 Å². The predicted molar refractivity (Wildman–Crippen MR) is 146 cm³/mol. The Morgan fingerprint density at radius 1 is 0.947 bits per heavy atom. The van der Waals surface area contributed by atoms with Gasteiger partial charge >= 0.3 is 0 Å². The van der Waals surface area contributed by atoms with E-state index in [4.69, 9.17) is 4.74 Å². The molecule has 0 saturated carbocycles. The van der Waals surface area contributed by atoms with Crippen molar-refractivity contribution in [2.75, 3.05) is 32.8 Å². The average Bonchev–Trinajstić information content (AvgIpc) is 3.24. The highest BCUT2D eigenvalue weighted by Crippen LogP contribution is 2.17. The van der Waals surface area contributed by atoms with Crippen molar-refractivity contribution in [1.82, 2.24) is 20.1 Å². The normalized spacial score (nSPS) is 15.7. The van der Waals surface area contributed by atoms with Gasteiger partial charge in [-0.2, -0.15) is 0 Å². The number of amides is 3. The Bertz CT molecular complexity index is 1220. The van der Waals surface area contributed by atoms with E-state index >= 15 is 0 Å². The molecule has 0 spiro atoms. The lowest BCUT2D eigenvalue weighted by atomic mass is 10.0. The first-order chi connectivity index (χ1) is 18.4. The molecule has 1 fully saturated rings. The first kappa shape index (κ1) is 27.1. The van der Waals surface area contributed by atoms with Crippen LogP contribution >= 0.6 is 0 Å². The highest BCUT2D eigenvalue weighted by molar-refractivity contribution is 5.97. The van der Waals surface area contributed by atoms with Gasteiger partial charge in [-0.05, 0) is 62.2 Å². The largest absolute Gasteiger partial charge is 0.380 e. The molecule has 2 heterocycles. The molecule has 1 aliphatic rings. The third-order valence-corrected chi connectivity index (χ3v) is 6.75. The van der Waals surface area contributed by atoms with Crippen molar-refractivity contribution in [3.05, 3.63) is 89.2 Å². The SMILES string of the molecule is Cc1ccc(C)n1-c1ccc(C(=O)NC(Cc2ccccc2)C(=O)N2CCCOCCNC(=O)CC2)cc1. The third-order valence-electron chi connectivity index (χ3n) is 6.75. The van der Waals surface area contributed by atoms with Crippen LogP contribution in [0.5, 0.6) is 0 Å². The maximum atomic E-state index is 13.7. The first-order valence-corrected chi connectivity index (χ1v) is 13.2. The Labute approximate surface area is 224 Å². The molecule has 3 amide bonds. The van der Waals surface area contributed by atoms with Crippen molar-refractivity contribution in [3.8, 4) is 5.69 Å². The van der Waals surface area contributed by atoms with Crippen LogP contribution < -0.4 is 10.6 Å². The lowest BCUT2D eigenvalue weighted by Gasteiger charge is -2.28. The van der Waals surface area contributed by atoms with E-state index in [1.807, 2.05) is 56.3 Å². The van der Waals surface area contributed by atoms with Gasteiger partial charge in [0.1, 0.15) is 6.04 Å². The second-order valence-electron chi connectivity index (χ2n) is 9.61. The maximum absolute atomic E-state index is 13.7. The van der Waals surface area contributed by atoms with Gasteiger partial charge in [0.15, 0.2) is 0 Å². The Kier molecular flexibility index (Phi) is 9.32. The summed E-state index contributed by atoms with van der Waals surface area (Å²) in [5.74, 6) is -0.639. The van der Waals surface area contributed by atoms with E-state index in [1.165, 1.54) is 0 Å². The van der Waals surface area contributed by atoms with Gasteiger partial charge in [0.25, 0.3) is 5.91 Å². The van der Waals surface area contributed by atoms with Gasteiger partial charge in [0.05, 0.1) is 6.61 Å². The molecule has 200 valence electrons. The van der Waals surface area contributed by atoms with Crippen LogP contribution in [0.15, 0.2) is 66.7 Å². The van der Waals surface area contributed by atoms with Crippen LogP contribution in [0.2, 0.25) is 0 Å². The number of hydrogen-bond donors (Lipinski definition) is 2. The Morgan fingerprint density at radius 3 is 2.37 bits per heavy atom. The van der Waals surface area contributed by atoms with Crippen molar-refractivity contribution >= 4 is 17.7 Å². The Hall–Kier alpha value is -3.91. The molecule has 38 heavy (non-hydrogen) atoms. The molecule has 2 N–H and O–H groups in total. The fourth-order valence-corrected chi connectivity index (χ4v) is 4.73. The lowest BCUT2D eigenvalue weighted by molar-refractivity contribution is -0.134. The van der Waals surface area contributed by atoms with Crippen molar-refractivity contribution in [3.63, 3.8) is 0 Å². The van der Waals surface area contributed by atoms with Crippen LogP contribution in [-0.2, 0) is 20.7 Å². The third kappa shape index (κ3) is 7.10. The summed E-state index contributed by atoms with van der Waals surface area (Å²) in [6.45, 7) is 6.24. The number of aryl methyl sites for hydroxylation is 2. The molecule has 8 nitrogen and oxygen atoms in total. The van der Waals surface area contributed by atoms with Crippen LogP contribution in [-0.4, -0.2) is 66.1 Å². The molecule has 1 saturated heterocycles. The van der Waals surface area contributed by atoms with Gasteiger partial charge in [-0.25, -0.2) is 0 Å². The number of rotatable bonds is 6. The Balaban J connectivity index is 1.52. The molecular weight excluding hydrogens is 480 g/mol. The van der Waals surface area contributed by atoms with E-state index in [0.717, 1.165) is 22.6 Å². The maximum Gasteiger partial charge on any atom is 0.251 e. The number of nitrogens with one attached hydrogen (secondary N) is 2. The number of nitrogens with zero attached hydrogens (tertiary/aromatic N) is 2. The quantitative estimate of drug-likeness (QED) is 0.526. The zero-order valence-corrected chi connectivity index (χ0v) is 22.1. The molecule has 1 aliphatic heterocycles. The zero-order valence-electron chi connectivity index (χ0n) is 22.1. The molecule has 0 radical (unpaired) electrons. The second-order valence-corrected chi connectivity index (χ2v) is 9.61. The highest BCUT2D eigenvalue weighted by Gasteiger charge is 2.27. The number of aromatic nitrogens is 1. The minimum Gasteiger partial charge on any atom is -0.380 e. The molecule has 2 aromatic carbocycles. The Morgan fingerprint density at radius 2 is 1.66 bits per heavy atom. The predicted octanol–water partition coefficient (Wildman–Crippen LogP) is 3.19. The zero-order chi connectivity index (χ0) is 26.9. The summed E-state index contributed by atoms with van der Waals surface area (Å²) in [4.78, 5) is 40.9.